The predicted octanol–water partition coefficient (Wildman–Crippen LogP) is 3.79. The SMILES string of the molecule is CN=C(NCC(C)(C)c1ccc(F)cc1Cl)NC1CCN(C(C)C)CC1. The molecule has 2 rings (SSSR count). The number of aliphatic imine (C=N–C) groups is 1. The molecular formula is C20H32ClFN4. The molecule has 0 unspecified atom stereocenters. The zero-order valence-electron chi connectivity index (χ0n) is 16.6. The van der Waals surface area contributed by atoms with Gasteiger partial charge in [0.15, 0.2) is 5.96 Å². The number of likely N-dealkylation sites (tertiary alicyclic amines) is 1. The van der Waals surface area contributed by atoms with Crippen molar-refractivity contribution in [2.45, 2.75) is 58.0 Å². The van der Waals surface area contributed by atoms with Gasteiger partial charge in [0.1, 0.15) is 5.82 Å². The molecule has 1 aliphatic heterocycles. The van der Waals surface area contributed by atoms with Crippen LogP contribution in [0.1, 0.15) is 46.1 Å². The maximum atomic E-state index is 13.3. The van der Waals surface area contributed by atoms with Crippen molar-refractivity contribution in [3.05, 3.63) is 34.6 Å². The van der Waals surface area contributed by atoms with Crippen LogP contribution in [0.2, 0.25) is 5.02 Å². The summed E-state index contributed by atoms with van der Waals surface area (Å²) in [6.45, 7) is 11.6. The van der Waals surface area contributed by atoms with E-state index in [1.165, 1.54) is 12.1 Å². The summed E-state index contributed by atoms with van der Waals surface area (Å²) in [6.07, 6.45) is 2.23. The molecule has 1 aromatic rings. The standard InChI is InChI=1S/C20H32ClFN4/c1-14(2)26-10-8-16(9-11-26)25-19(23-5)24-13-20(3,4)17-7-6-15(22)12-18(17)21/h6-7,12,14,16H,8-11,13H2,1-5H3,(H2,23,24,25). The van der Waals surface area contributed by atoms with Crippen molar-refractivity contribution in [2.24, 2.45) is 4.99 Å². The number of piperidine rings is 1. The average Bonchev–Trinajstić information content (AvgIpc) is 2.58. The van der Waals surface area contributed by atoms with Crippen molar-refractivity contribution < 1.29 is 4.39 Å². The fourth-order valence-electron chi connectivity index (χ4n) is 3.39. The molecule has 0 radical (unpaired) electrons. The van der Waals surface area contributed by atoms with Gasteiger partial charge in [0.25, 0.3) is 0 Å². The van der Waals surface area contributed by atoms with Crippen LogP contribution in [0.3, 0.4) is 0 Å². The topological polar surface area (TPSA) is 39.7 Å². The molecule has 146 valence electrons. The summed E-state index contributed by atoms with van der Waals surface area (Å²) in [4.78, 5) is 6.87. The van der Waals surface area contributed by atoms with Gasteiger partial charge < -0.3 is 15.5 Å². The fourth-order valence-corrected chi connectivity index (χ4v) is 3.81. The minimum Gasteiger partial charge on any atom is -0.356 e. The van der Waals surface area contributed by atoms with Crippen LogP contribution in [0.5, 0.6) is 0 Å². The highest BCUT2D eigenvalue weighted by atomic mass is 35.5. The van der Waals surface area contributed by atoms with Gasteiger partial charge in [0.2, 0.25) is 0 Å². The zero-order chi connectivity index (χ0) is 19.3. The van der Waals surface area contributed by atoms with Crippen LogP contribution in [0, 0.1) is 5.82 Å². The van der Waals surface area contributed by atoms with Crippen LogP contribution in [-0.4, -0.2) is 49.6 Å². The van der Waals surface area contributed by atoms with Crippen LogP contribution < -0.4 is 10.6 Å². The summed E-state index contributed by atoms with van der Waals surface area (Å²) in [6, 6.07) is 5.63. The summed E-state index contributed by atoms with van der Waals surface area (Å²) in [7, 11) is 1.79. The van der Waals surface area contributed by atoms with E-state index in [0.29, 0.717) is 23.7 Å². The Morgan fingerprint density at radius 2 is 2.00 bits per heavy atom. The molecule has 1 aromatic carbocycles. The normalized spacial score (nSPS) is 17.6. The van der Waals surface area contributed by atoms with E-state index < -0.39 is 0 Å². The van der Waals surface area contributed by atoms with Gasteiger partial charge in [-0.15, -0.1) is 0 Å². The van der Waals surface area contributed by atoms with E-state index in [1.54, 1.807) is 13.1 Å². The number of nitrogens with zero attached hydrogens (tertiary/aromatic N) is 2. The molecule has 4 nitrogen and oxygen atoms in total. The Morgan fingerprint density at radius 1 is 1.35 bits per heavy atom. The van der Waals surface area contributed by atoms with Crippen LogP contribution in [0.15, 0.2) is 23.2 Å². The van der Waals surface area contributed by atoms with Crippen molar-refractivity contribution in [2.75, 3.05) is 26.7 Å². The van der Waals surface area contributed by atoms with Gasteiger partial charge in [-0.2, -0.15) is 0 Å². The van der Waals surface area contributed by atoms with Crippen molar-refractivity contribution >= 4 is 17.6 Å². The number of nitrogens with one attached hydrogen (secondary N) is 2. The van der Waals surface area contributed by atoms with Crippen LogP contribution >= 0.6 is 11.6 Å². The third kappa shape index (κ3) is 5.58. The van der Waals surface area contributed by atoms with E-state index in [9.17, 15) is 4.39 Å². The first-order valence-electron chi connectivity index (χ1n) is 9.39. The van der Waals surface area contributed by atoms with E-state index in [-0.39, 0.29) is 11.2 Å². The number of rotatable bonds is 5. The minimum atomic E-state index is -0.312. The molecule has 26 heavy (non-hydrogen) atoms. The molecule has 0 aliphatic carbocycles. The molecule has 0 spiro atoms. The first-order valence-corrected chi connectivity index (χ1v) is 9.77. The third-order valence-electron chi connectivity index (χ3n) is 5.18. The highest BCUT2D eigenvalue weighted by Crippen LogP contribution is 2.29. The van der Waals surface area contributed by atoms with E-state index in [0.717, 1.165) is 37.5 Å². The lowest BCUT2D eigenvalue weighted by molar-refractivity contribution is 0.167. The van der Waals surface area contributed by atoms with E-state index in [2.05, 4.69) is 48.2 Å². The maximum absolute atomic E-state index is 13.3. The Labute approximate surface area is 162 Å². The summed E-state index contributed by atoms with van der Waals surface area (Å²) in [5.74, 6) is 0.493. The van der Waals surface area contributed by atoms with Gasteiger partial charge in [-0.05, 0) is 44.4 Å². The lowest BCUT2D eigenvalue weighted by Crippen LogP contribution is -2.51. The van der Waals surface area contributed by atoms with Gasteiger partial charge >= 0.3 is 0 Å². The van der Waals surface area contributed by atoms with Crippen LogP contribution in [0.25, 0.3) is 0 Å². The van der Waals surface area contributed by atoms with Gasteiger partial charge in [-0.3, -0.25) is 4.99 Å². The Morgan fingerprint density at radius 3 is 2.54 bits per heavy atom. The van der Waals surface area contributed by atoms with Gasteiger partial charge in [-0.1, -0.05) is 31.5 Å². The van der Waals surface area contributed by atoms with Gasteiger partial charge in [-0.25, -0.2) is 4.39 Å². The average molecular weight is 383 g/mol. The van der Waals surface area contributed by atoms with Gasteiger partial charge in [0.05, 0.1) is 0 Å². The zero-order valence-corrected chi connectivity index (χ0v) is 17.3. The number of guanidine groups is 1. The number of hydrogen-bond acceptors (Lipinski definition) is 2. The molecule has 0 bridgehead atoms. The Bertz CT molecular complexity index is 622. The summed E-state index contributed by atoms with van der Waals surface area (Å²) < 4.78 is 13.3. The molecule has 1 aliphatic rings. The molecule has 0 amide bonds. The fraction of sp³-hybridized carbons (Fsp3) is 0.650. The largest absolute Gasteiger partial charge is 0.356 e. The van der Waals surface area contributed by atoms with E-state index in [1.807, 2.05) is 0 Å². The molecule has 1 saturated heterocycles. The van der Waals surface area contributed by atoms with E-state index in [4.69, 9.17) is 11.6 Å². The predicted molar refractivity (Wildman–Crippen MR) is 109 cm³/mol. The molecule has 0 atom stereocenters. The molecule has 1 fully saturated rings. The Kier molecular flexibility index (Phi) is 7.30. The van der Waals surface area contributed by atoms with Gasteiger partial charge in [0, 0.05) is 49.2 Å². The number of hydrogen-bond donors (Lipinski definition) is 2. The third-order valence-corrected chi connectivity index (χ3v) is 5.50. The number of halogens is 2. The molecule has 1 heterocycles. The monoisotopic (exact) mass is 382 g/mol. The minimum absolute atomic E-state index is 0.247. The molecule has 2 N–H and O–H groups in total. The van der Waals surface area contributed by atoms with Crippen molar-refractivity contribution in [1.82, 2.24) is 15.5 Å². The first kappa shape index (κ1) is 21.0. The van der Waals surface area contributed by atoms with E-state index >= 15 is 0 Å². The second-order valence-corrected chi connectivity index (χ2v) is 8.39. The highest BCUT2D eigenvalue weighted by molar-refractivity contribution is 6.31. The molecule has 0 saturated carbocycles. The smallest absolute Gasteiger partial charge is 0.191 e. The summed E-state index contributed by atoms with van der Waals surface area (Å²) >= 11 is 6.24. The first-order chi connectivity index (χ1) is 12.2. The maximum Gasteiger partial charge on any atom is 0.191 e. The lowest BCUT2D eigenvalue weighted by Gasteiger charge is -2.35. The molecular weight excluding hydrogens is 351 g/mol. The Hall–Kier alpha value is -1.33. The van der Waals surface area contributed by atoms with Crippen LogP contribution in [0.4, 0.5) is 4.39 Å². The van der Waals surface area contributed by atoms with Crippen molar-refractivity contribution in [3.63, 3.8) is 0 Å². The summed E-state index contributed by atoms with van der Waals surface area (Å²) in [5.41, 5.74) is 0.678. The highest BCUT2D eigenvalue weighted by Gasteiger charge is 2.25. The molecule has 6 heteroatoms. The van der Waals surface area contributed by atoms with Crippen molar-refractivity contribution in [1.29, 1.82) is 0 Å². The summed E-state index contributed by atoms with van der Waals surface area (Å²) in [5, 5.41) is 7.40. The molecule has 0 aromatic heterocycles. The van der Waals surface area contributed by atoms with Crippen LogP contribution in [-0.2, 0) is 5.41 Å². The van der Waals surface area contributed by atoms with Crippen molar-refractivity contribution in [3.8, 4) is 0 Å². The quantitative estimate of drug-likeness (QED) is 0.601. The number of benzene rings is 1. The second kappa shape index (κ2) is 9.05. The Balaban J connectivity index is 1.90. The lowest BCUT2D eigenvalue weighted by atomic mass is 9.84. The second-order valence-electron chi connectivity index (χ2n) is 7.98.